The van der Waals surface area contributed by atoms with Crippen molar-refractivity contribution in [3.63, 3.8) is 0 Å². The fourth-order valence-corrected chi connectivity index (χ4v) is 2.03. The number of hydrogen-bond donors (Lipinski definition) is 3. The molecule has 0 saturated carbocycles. The maximum atomic E-state index is 11.6. The van der Waals surface area contributed by atoms with E-state index in [1.54, 1.807) is 25.1 Å². The van der Waals surface area contributed by atoms with Crippen molar-refractivity contribution in [1.29, 1.82) is 0 Å². The lowest BCUT2D eigenvalue weighted by molar-refractivity contribution is -0.136. The summed E-state index contributed by atoms with van der Waals surface area (Å²) in [5, 5.41) is 14.4. The Balaban J connectivity index is 2.52. The first-order chi connectivity index (χ1) is 8.90. The molecule has 0 bridgehead atoms. The van der Waals surface area contributed by atoms with E-state index >= 15 is 0 Å². The van der Waals surface area contributed by atoms with Gasteiger partial charge in [-0.3, -0.25) is 9.59 Å². The van der Waals surface area contributed by atoms with E-state index in [4.69, 9.17) is 16.7 Å². The van der Waals surface area contributed by atoms with Gasteiger partial charge < -0.3 is 15.7 Å². The van der Waals surface area contributed by atoms with Crippen LogP contribution < -0.4 is 10.6 Å². The highest BCUT2D eigenvalue weighted by Gasteiger charge is 2.14. The molecule has 2 amide bonds. The van der Waals surface area contributed by atoms with Crippen LogP contribution in [-0.2, 0) is 9.59 Å². The van der Waals surface area contributed by atoms with Gasteiger partial charge in [-0.25, -0.2) is 0 Å². The average molecular weight is 350 g/mol. The first-order valence-electron chi connectivity index (χ1n) is 5.62. The lowest BCUT2D eigenvalue weighted by Gasteiger charge is -2.09. The largest absolute Gasteiger partial charge is 0.393 e. The van der Waals surface area contributed by atoms with Gasteiger partial charge in [-0.05, 0) is 47.5 Å². The summed E-state index contributed by atoms with van der Waals surface area (Å²) >= 11 is 9.00. The zero-order valence-corrected chi connectivity index (χ0v) is 12.6. The Labute approximate surface area is 124 Å². The minimum atomic E-state index is -0.770. The third kappa shape index (κ3) is 5.59. The summed E-state index contributed by atoms with van der Waals surface area (Å²) in [5.41, 5.74) is 0.458. The van der Waals surface area contributed by atoms with Crippen molar-refractivity contribution in [2.45, 2.75) is 19.4 Å². The maximum Gasteiger partial charge on any atom is 0.313 e. The molecule has 0 radical (unpaired) electrons. The Morgan fingerprint density at radius 1 is 1.42 bits per heavy atom. The van der Waals surface area contributed by atoms with Gasteiger partial charge >= 0.3 is 11.8 Å². The average Bonchev–Trinajstić information content (AvgIpc) is 2.32. The quantitative estimate of drug-likeness (QED) is 0.727. The molecule has 0 heterocycles. The summed E-state index contributed by atoms with van der Waals surface area (Å²) < 4.78 is 0.588. The van der Waals surface area contributed by atoms with Gasteiger partial charge in [0.05, 0.1) is 11.8 Å². The predicted octanol–water partition coefficient (Wildman–Crippen LogP) is 1.93. The number of aliphatic hydroxyl groups excluding tert-OH is 1. The minimum Gasteiger partial charge on any atom is -0.393 e. The van der Waals surface area contributed by atoms with Crippen LogP contribution in [0.2, 0.25) is 5.02 Å². The van der Waals surface area contributed by atoms with Crippen molar-refractivity contribution in [1.82, 2.24) is 5.32 Å². The van der Waals surface area contributed by atoms with E-state index in [1.807, 2.05) is 0 Å². The molecule has 0 spiro atoms. The number of carbonyl (C=O) groups is 2. The molecule has 0 aromatic heterocycles. The van der Waals surface area contributed by atoms with Gasteiger partial charge in [0, 0.05) is 16.0 Å². The molecule has 19 heavy (non-hydrogen) atoms. The third-order valence-electron chi connectivity index (χ3n) is 2.23. The summed E-state index contributed by atoms with van der Waals surface area (Å²) in [4.78, 5) is 23.0. The molecular formula is C12H14BrClN2O3. The van der Waals surface area contributed by atoms with E-state index in [0.29, 0.717) is 21.6 Å². The number of benzene rings is 1. The second-order valence-electron chi connectivity index (χ2n) is 3.97. The highest BCUT2D eigenvalue weighted by Crippen LogP contribution is 2.25. The van der Waals surface area contributed by atoms with Crippen LogP contribution in [0.1, 0.15) is 13.3 Å². The summed E-state index contributed by atoms with van der Waals surface area (Å²) in [6.45, 7) is 1.85. The Morgan fingerprint density at radius 3 is 2.68 bits per heavy atom. The SMILES string of the molecule is CC(O)CCNC(=O)C(=O)Nc1ccc(Cl)cc1Br. The van der Waals surface area contributed by atoms with E-state index in [-0.39, 0.29) is 6.54 Å². The third-order valence-corrected chi connectivity index (χ3v) is 3.12. The van der Waals surface area contributed by atoms with Gasteiger partial charge in [-0.1, -0.05) is 11.6 Å². The Bertz CT molecular complexity index is 480. The highest BCUT2D eigenvalue weighted by atomic mass is 79.9. The van der Waals surface area contributed by atoms with Crippen LogP contribution >= 0.6 is 27.5 Å². The zero-order valence-electron chi connectivity index (χ0n) is 10.2. The van der Waals surface area contributed by atoms with Crippen LogP contribution in [0, 0.1) is 0 Å². The van der Waals surface area contributed by atoms with Gasteiger partial charge in [0.15, 0.2) is 0 Å². The molecule has 104 valence electrons. The number of halogens is 2. The normalized spacial score (nSPS) is 11.8. The fourth-order valence-electron chi connectivity index (χ4n) is 1.24. The fraction of sp³-hybridized carbons (Fsp3) is 0.333. The van der Waals surface area contributed by atoms with Crippen molar-refractivity contribution >= 4 is 45.0 Å². The lowest BCUT2D eigenvalue weighted by Crippen LogP contribution is -2.36. The van der Waals surface area contributed by atoms with E-state index in [2.05, 4.69) is 26.6 Å². The molecule has 1 rings (SSSR count). The zero-order chi connectivity index (χ0) is 14.4. The first kappa shape index (κ1) is 15.9. The Morgan fingerprint density at radius 2 is 2.11 bits per heavy atom. The number of carbonyl (C=O) groups excluding carboxylic acids is 2. The van der Waals surface area contributed by atoms with Gasteiger partial charge in [0.2, 0.25) is 0 Å². The molecule has 0 fully saturated rings. The molecule has 1 atom stereocenters. The molecule has 1 aromatic rings. The lowest BCUT2D eigenvalue weighted by atomic mass is 10.3. The molecular weight excluding hydrogens is 336 g/mol. The molecule has 5 nitrogen and oxygen atoms in total. The first-order valence-corrected chi connectivity index (χ1v) is 6.79. The summed E-state index contributed by atoms with van der Waals surface area (Å²) in [5.74, 6) is -1.52. The van der Waals surface area contributed by atoms with Gasteiger partial charge in [-0.2, -0.15) is 0 Å². The van der Waals surface area contributed by atoms with Crippen LogP contribution in [0.25, 0.3) is 0 Å². The van der Waals surface area contributed by atoms with E-state index in [1.165, 1.54) is 0 Å². The van der Waals surface area contributed by atoms with Crippen molar-refractivity contribution in [3.05, 3.63) is 27.7 Å². The van der Waals surface area contributed by atoms with Crippen molar-refractivity contribution in [3.8, 4) is 0 Å². The van der Waals surface area contributed by atoms with Crippen LogP contribution in [0.5, 0.6) is 0 Å². The number of hydrogen-bond acceptors (Lipinski definition) is 3. The molecule has 0 aliphatic rings. The second kappa shape index (κ2) is 7.47. The monoisotopic (exact) mass is 348 g/mol. The molecule has 1 aromatic carbocycles. The number of rotatable bonds is 4. The number of anilines is 1. The van der Waals surface area contributed by atoms with Crippen LogP contribution in [0.15, 0.2) is 22.7 Å². The topological polar surface area (TPSA) is 78.4 Å². The number of nitrogens with one attached hydrogen (secondary N) is 2. The molecule has 7 heteroatoms. The molecule has 0 aliphatic carbocycles. The van der Waals surface area contributed by atoms with E-state index in [0.717, 1.165) is 0 Å². The summed E-state index contributed by atoms with van der Waals surface area (Å²) in [6.07, 6.45) is -0.127. The summed E-state index contributed by atoms with van der Waals surface area (Å²) in [6, 6.07) is 4.81. The molecule has 3 N–H and O–H groups in total. The van der Waals surface area contributed by atoms with Gasteiger partial charge in [-0.15, -0.1) is 0 Å². The summed E-state index contributed by atoms with van der Waals surface area (Å²) in [7, 11) is 0. The molecule has 0 aliphatic heterocycles. The van der Waals surface area contributed by atoms with Crippen molar-refractivity contribution in [2.24, 2.45) is 0 Å². The number of aliphatic hydroxyl groups is 1. The number of amides is 2. The second-order valence-corrected chi connectivity index (χ2v) is 5.26. The standard InChI is InChI=1S/C12H14BrClN2O3/c1-7(17)4-5-15-11(18)12(19)16-10-3-2-8(14)6-9(10)13/h2-3,6-7,17H,4-5H2,1H3,(H,15,18)(H,16,19). The van der Waals surface area contributed by atoms with Gasteiger partial charge in [0.25, 0.3) is 0 Å². The smallest absolute Gasteiger partial charge is 0.313 e. The Kier molecular flexibility index (Phi) is 6.27. The minimum absolute atomic E-state index is 0.242. The maximum absolute atomic E-state index is 11.6. The van der Waals surface area contributed by atoms with Crippen LogP contribution in [0.4, 0.5) is 5.69 Å². The van der Waals surface area contributed by atoms with Crippen LogP contribution in [-0.4, -0.2) is 29.6 Å². The van der Waals surface area contributed by atoms with Crippen molar-refractivity contribution < 1.29 is 14.7 Å². The van der Waals surface area contributed by atoms with E-state index < -0.39 is 17.9 Å². The van der Waals surface area contributed by atoms with Crippen molar-refractivity contribution in [2.75, 3.05) is 11.9 Å². The Hall–Kier alpha value is -1.11. The molecule has 0 saturated heterocycles. The molecule has 1 unspecified atom stereocenters. The van der Waals surface area contributed by atoms with E-state index in [9.17, 15) is 9.59 Å². The highest BCUT2D eigenvalue weighted by molar-refractivity contribution is 9.10. The van der Waals surface area contributed by atoms with Gasteiger partial charge in [0.1, 0.15) is 0 Å². The van der Waals surface area contributed by atoms with Crippen LogP contribution in [0.3, 0.4) is 0 Å². The predicted molar refractivity (Wildman–Crippen MR) is 77.1 cm³/mol.